The minimum Gasteiger partial charge on any atom is -0.370 e. The van der Waals surface area contributed by atoms with Crippen molar-refractivity contribution in [3.05, 3.63) is 41.7 Å². The maximum atomic E-state index is 9.03. The molecule has 108 valence electrons. The molecule has 0 spiro atoms. The average Bonchev–Trinajstić information content (AvgIpc) is 2.52. The fraction of sp³-hybridized carbons (Fsp3) is 0.353. The minimum atomic E-state index is 0.256. The molecule has 0 aliphatic rings. The second kappa shape index (κ2) is 6.85. The van der Waals surface area contributed by atoms with Crippen LogP contribution in [0.4, 0.5) is 5.82 Å². The van der Waals surface area contributed by atoms with Crippen molar-refractivity contribution in [1.82, 2.24) is 9.97 Å². The van der Waals surface area contributed by atoms with E-state index in [2.05, 4.69) is 42.1 Å². The first kappa shape index (κ1) is 15.0. The number of nitrogens with zero attached hydrogens (tertiary/aromatic N) is 3. The van der Waals surface area contributed by atoms with Crippen molar-refractivity contribution in [3.63, 3.8) is 0 Å². The normalized spacial score (nSPS) is 10.4. The standard InChI is InChI=1S/C17H20N4/c1-4-8-19-16-10-15(20-17(21-16)12(2)3)14-7-5-6-13(9-14)11-18/h5-7,9-10,12H,4,8H2,1-3H3,(H,19,20,21). The van der Waals surface area contributed by atoms with E-state index in [4.69, 9.17) is 5.26 Å². The number of anilines is 1. The molecule has 21 heavy (non-hydrogen) atoms. The molecule has 2 aromatic rings. The number of hydrogen-bond donors (Lipinski definition) is 1. The number of hydrogen-bond acceptors (Lipinski definition) is 4. The predicted octanol–water partition coefficient (Wildman–Crippen LogP) is 3.96. The Hall–Kier alpha value is -2.41. The zero-order chi connectivity index (χ0) is 15.2. The molecule has 1 aromatic carbocycles. The Kier molecular flexibility index (Phi) is 4.89. The summed E-state index contributed by atoms with van der Waals surface area (Å²) in [6.45, 7) is 7.16. The predicted molar refractivity (Wildman–Crippen MR) is 85.1 cm³/mol. The number of rotatable bonds is 5. The first-order valence-corrected chi connectivity index (χ1v) is 7.27. The third-order valence-corrected chi connectivity index (χ3v) is 3.10. The Morgan fingerprint density at radius 2 is 2.05 bits per heavy atom. The van der Waals surface area contributed by atoms with Crippen LogP contribution < -0.4 is 5.32 Å². The molecule has 1 heterocycles. The number of aromatic nitrogens is 2. The quantitative estimate of drug-likeness (QED) is 0.900. The van der Waals surface area contributed by atoms with Crippen LogP contribution in [0, 0.1) is 11.3 Å². The van der Waals surface area contributed by atoms with E-state index in [0.29, 0.717) is 5.56 Å². The van der Waals surface area contributed by atoms with Crippen molar-refractivity contribution in [2.75, 3.05) is 11.9 Å². The molecule has 1 aromatic heterocycles. The van der Waals surface area contributed by atoms with Gasteiger partial charge in [0.2, 0.25) is 0 Å². The highest BCUT2D eigenvalue weighted by Gasteiger charge is 2.10. The van der Waals surface area contributed by atoms with Gasteiger partial charge in [-0.3, -0.25) is 0 Å². The molecule has 0 amide bonds. The van der Waals surface area contributed by atoms with Crippen LogP contribution in [0.5, 0.6) is 0 Å². The Morgan fingerprint density at radius 1 is 1.24 bits per heavy atom. The van der Waals surface area contributed by atoms with Crippen molar-refractivity contribution in [2.24, 2.45) is 0 Å². The monoisotopic (exact) mass is 280 g/mol. The summed E-state index contributed by atoms with van der Waals surface area (Å²) >= 11 is 0. The minimum absolute atomic E-state index is 0.256. The summed E-state index contributed by atoms with van der Waals surface area (Å²) < 4.78 is 0. The molecule has 1 N–H and O–H groups in total. The average molecular weight is 280 g/mol. The SMILES string of the molecule is CCCNc1cc(-c2cccc(C#N)c2)nc(C(C)C)n1. The van der Waals surface area contributed by atoms with Crippen LogP contribution >= 0.6 is 0 Å². The van der Waals surface area contributed by atoms with Gasteiger partial charge in [0.15, 0.2) is 0 Å². The second-order valence-corrected chi connectivity index (χ2v) is 5.27. The number of nitrogens with one attached hydrogen (secondary N) is 1. The fourth-order valence-electron chi connectivity index (χ4n) is 1.96. The van der Waals surface area contributed by atoms with Crippen molar-refractivity contribution in [3.8, 4) is 17.3 Å². The fourth-order valence-corrected chi connectivity index (χ4v) is 1.96. The summed E-state index contributed by atoms with van der Waals surface area (Å²) in [5, 5.41) is 12.3. The molecule has 0 aliphatic carbocycles. The van der Waals surface area contributed by atoms with Gasteiger partial charge in [-0.2, -0.15) is 5.26 Å². The van der Waals surface area contributed by atoms with E-state index in [9.17, 15) is 0 Å². The van der Waals surface area contributed by atoms with Crippen molar-refractivity contribution >= 4 is 5.82 Å². The molecule has 0 atom stereocenters. The maximum absolute atomic E-state index is 9.03. The molecule has 0 saturated carbocycles. The van der Waals surface area contributed by atoms with E-state index in [1.165, 1.54) is 0 Å². The molecule has 0 bridgehead atoms. The van der Waals surface area contributed by atoms with Crippen LogP contribution in [0.15, 0.2) is 30.3 Å². The lowest BCUT2D eigenvalue weighted by Gasteiger charge is -2.11. The lowest BCUT2D eigenvalue weighted by atomic mass is 10.1. The van der Waals surface area contributed by atoms with E-state index >= 15 is 0 Å². The number of nitriles is 1. The molecule has 0 aliphatic heterocycles. The van der Waals surface area contributed by atoms with Crippen LogP contribution in [0.3, 0.4) is 0 Å². The van der Waals surface area contributed by atoms with Gasteiger partial charge in [0, 0.05) is 24.1 Å². The third kappa shape index (κ3) is 3.79. The molecule has 4 nitrogen and oxygen atoms in total. The molecular weight excluding hydrogens is 260 g/mol. The van der Waals surface area contributed by atoms with Crippen molar-refractivity contribution < 1.29 is 0 Å². The number of benzene rings is 1. The summed E-state index contributed by atoms with van der Waals surface area (Å²) in [4.78, 5) is 9.18. The van der Waals surface area contributed by atoms with E-state index < -0.39 is 0 Å². The Morgan fingerprint density at radius 3 is 2.71 bits per heavy atom. The summed E-state index contributed by atoms with van der Waals surface area (Å²) in [5.41, 5.74) is 2.43. The van der Waals surface area contributed by atoms with Gasteiger partial charge >= 0.3 is 0 Å². The van der Waals surface area contributed by atoms with E-state index in [-0.39, 0.29) is 5.92 Å². The highest BCUT2D eigenvalue weighted by molar-refractivity contribution is 5.64. The van der Waals surface area contributed by atoms with Crippen LogP contribution in [-0.2, 0) is 0 Å². The molecule has 4 heteroatoms. The first-order chi connectivity index (χ1) is 10.1. The first-order valence-electron chi connectivity index (χ1n) is 7.27. The van der Waals surface area contributed by atoms with Gasteiger partial charge < -0.3 is 5.32 Å². The van der Waals surface area contributed by atoms with E-state index in [1.54, 1.807) is 6.07 Å². The summed E-state index contributed by atoms with van der Waals surface area (Å²) in [7, 11) is 0. The highest BCUT2D eigenvalue weighted by Crippen LogP contribution is 2.23. The van der Waals surface area contributed by atoms with Gasteiger partial charge in [-0.25, -0.2) is 9.97 Å². The van der Waals surface area contributed by atoms with E-state index in [0.717, 1.165) is 35.9 Å². The van der Waals surface area contributed by atoms with Gasteiger partial charge in [0.25, 0.3) is 0 Å². The van der Waals surface area contributed by atoms with Crippen LogP contribution in [-0.4, -0.2) is 16.5 Å². The molecule has 0 radical (unpaired) electrons. The van der Waals surface area contributed by atoms with Gasteiger partial charge in [0.05, 0.1) is 17.3 Å². The zero-order valence-electron chi connectivity index (χ0n) is 12.7. The molecule has 2 rings (SSSR count). The third-order valence-electron chi connectivity index (χ3n) is 3.10. The summed E-state index contributed by atoms with van der Waals surface area (Å²) in [5.74, 6) is 1.91. The Bertz CT molecular complexity index is 656. The largest absolute Gasteiger partial charge is 0.370 e. The van der Waals surface area contributed by atoms with Crippen molar-refractivity contribution in [2.45, 2.75) is 33.1 Å². The molecule has 0 saturated heterocycles. The van der Waals surface area contributed by atoms with Crippen LogP contribution in [0.2, 0.25) is 0 Å². The highest BCUT2D eigenvalue weighted by atomic mass is 15.0. The van der Waals surface area contributed by atoms with Crippen LogP contribution in [0.1, 0.15) is 44.5 Å². The smallest absolute Gasteiger partial charge is 0.133 e. The molecule has 0 fully saturated rings. The molecule has 0 unspecified atom stereocenters. The zero-order valence-corrected chi connectivity index (χ0v) is 12.7. The lowest BCUT2D eigenvalue weighted by Crippen LogP contribution is -2.07. The van der Waals surface area contributed by atoms with Gasteiger partial charge in [-0.1, -0.05) is 32.9 Å². The Labute approximate surface area is 125 Å². The summed E-state index contributed by atoms with van der Waals surface area (Å²) in [6.07, 6.45) is 1.04. The lowest BCUT2D eigenvalue weighted by molar-refractivity contribution is 0.775. The van der Waals surface area contributed by atoms with Gasteiger partial charge in [0.1, 0.15) is 11.6 Å². The van der Waals surface area contributed by atoms with E-state index in [1.807, 2.05) is 24.3 Å². The summed E-state index contributed by atoms with van der Waals surface area (Å²) in [6, 6.07) is 11.6. The maximum Gasteiger partial charge on any atom is 0.133 e. The Balaban J connectivity index is 2.46. The van der Waals surface area contributed by atoms with Crippen LogP contribution in [0.25, 0.3) is 11.3 Å². The second-order valence-electron chi connectivity index (χ2n) is 5.27. The topological polar surface area (TPSA) is 61.6 Å². The van der Waals surface area contributed by atoms with Gasteiger partial charge in [-0.15, -0.1) is 0 Å². The van der Waals surface area contributed by atoms with Gasteiger partial charge in [-0.05, 0) is 18.6 Å². The van der Waals surface area contributed by atoms with Crippen molar-refractivity contribution in [1.29, 1.82) is 5.26 Å². The molecular formula is C17H20N4.